The number of rotatable bonds is 9. The number of benzene rings is 1. The number of esters is 1. The van der Waals surface area contributed by atoms with Gasteiger partial charge >= 0.3 is 5.97 Å². The van der Waals surface area contributed by atoms with Crippen LogP contribution in [-0.4, -0.2) is 69.6 Å². The number of nitrogens with one attached hydrogen (secondary N) is 2. The Balaban J connectivity index is 3.22. The van der Waals surface area contributed by atoms with E-state index in [1.165, 1.54) is 39.2 Å². The number of ether oxygens (including phenoxy) is 1. The van der Waals surface area contributed by atoms with Gasteiger partial charge in [-0.05, 0) is 32.0 Å². The molecule has 1 aromatic carbocycles. The molecular weight excluding hydrogens is 362 g/mol. The van der Waals surface area contributed by atoms with Crippen LogP contribution in [-0.2, 0) is 19.6 Å². The van der Waals surface area contributed by atoms with E-state index >= 15 is 0 Å². The summed E-state index contributed by atoms with van der Waals surface area (Å²) in [5, 5.41) is 14.3. The van der Waals surface area contributed by atoms with Crippen LogP contribution in [0.4, 0.5) is 5.69 Å². The first-order valence-electron chi connectivity index (χ1n) is 8.05. The summed E-state index contributed by atoms with van der Waals surface area (Å²) in [7, 11) is -1.000. The summed E-state index contributed by atoms with van der Waals surface area (Å²) in [4.78, 5) is 24.1. The van der Waals surface area contributed by atoms with E-state index in [4.69, 9.17) is 9.84 Å². The summed E-state index contributed by atoms with van der Waals surface area (Å²) in [6.07, 6.45) is -1.04. The highest BCUT2D eigenvalue weighted by Crippen LogP contribution is 2.23. The molecule has 3 N–H and O–H groups in total. The molecule has 0 aliphatic heterocycles. The van der Waals surface area contributed by atoms with Crippen molar-refractivity contribution in [3.8, 4) is 0 Å². The zero-order chi connectivity index (χ0) is 19.9. The Morgan fingerprint density at radius 1 is 1.31 bits per heavy atom. The van der Waals surface area contributed by atoms with E-state index in [1.807, 2.05) is 0 Å². The van der Waals surface area contributed by atoms with Gasteiger partial charge in [0.15, 0.2) is 6.10 Å². The zero-order valence-corrected chi connectivity index (χ0v) is 16.1. The maximum absolute atomic E-state index is 12.5. The zero-order valence-electron chi connectivity index (χ0n) is 15.3. The number of amides is 1. The summed E-state index contributed by atoms with van der Waals surface area (Å²) in [5.74, 6) is -1.30. The molecule has 0 aliphatic rings. The van der Waals surface area contributed by atoms with Crippen LogP contribution in [0, 0.1) is 0 Å². The van der Waals surface area contributed by atoms with Crippen molar-refractivity contribution in [1.29, 1.82) is 0 Å². The van der Waals surface area contributed by atoms with Crippen molar-refractivity contribution in [1.82, 2.24) is 9.62 Å². The topological polar surface area (TPSA) is 125 Å². The first kappa shape index (κ1) is 21.9. The van der Waals surface area contributed by atoms with Crippen molar-refractivity contribution in [2.75, 3.05) is 39.1 Å². The number of sulfonamides is 1. The van der Waals surface area contributed by atoms with Crippen molar-refractivity contribution >= 4 is 27.6 Å². The summed E-state index contributed by atoms with van der Waals surface area (Å²) < 4.78 is 30.8. The summed E-state index contributed by atoms with van der Waals surface area (Å²) >= 11 is 0. The maximum Gasteiger partial charge on any atom is 0.341 e. The lowest BCUT2D eigenvalue weighted by Crippen LogP contribution is -2.35. The van der Waals surface area contributed by atoms with Crippen LogP contribution in [0.3, 0.4) is 0 Å². The number of carbonyl (C=O) groups is 2. The Labute approximate surface area is 153 Å². The van der Waals surface area contributed by atoms with E-state index in [0.717, 1.165) is 4.31 Å². The molecule has 0 spiro atoms. The summed E-state index contributed by atoms with van der Waals surface area (Å²) in [5.41, 5.74) is 0.252. The number of carbonyl (C=O) groups excluding carboxylic acids is 2. The Hall–Kier alpha value is -2.17. The molecule has 10 heteroatoms. The van der Waals surface area contributed by atoms with Crippen LogP contribution < -0.4 is 10.6 Å². The van der Waals surface area contributed by atoms with Gasteiger partial charge in [0.1, 0.15) is 0 Å². The quantitative estimate of drug-likeness (QED) is 0.510. The number of anilines is 1. The van der Waals surface area contributed by atoms with E-state index in [2.05, 4.69) is 10.6 Å². The molecule has 1 rings (SSSR count). The van der Waals surface area contributed by atoms with E-state index < -0.39 is 28.0 Å². The first-order valence-corrected chi connectivity index (χ1v) is 9.49. The van der Waals surface area contributed by atoms with E-state index in [9.17, 15) is 18.0 Å². The monoisotopic (exact) mass is 387 g/mol. The Kier molecular flexibility index (Phi) is 8.00. The van der Waals surface area contributed by atoms with Gasteiger partial charge in [0.25, 0.3) is 5.91 Å². The van der Waals surface area contributed by atoms with Crippen molar-refractivity contribution < 1.29 is 27.9 Å². The molecule has 0 radical (unpaired) electrons. The molecule has 0 heterocycles. The van der Waals surface area contributed by atoms with Crippen LogP contribution >= 0.6 is 0 Å². The molecular formula is C16H25N3O6S. The van der Waals surface area contributed by atoms with E-state index in [-0.39, 0.29) is 23.6 Å². The van der Waals surface area contributed by atoms with Crippen LogP contribution in [0.2, 0.25) is 0 Å². The first-order chi connectivity index (χ1) is 12.1. The molecule has 26 heavy (non-hydrogen) atoms. The third-order valence-electron chi connectivity index (χ3n) is 3.42. The highest BCUT2D eigenvalue weighted by Gasteiger charge is 2.24. The minimum Gasteiger partial charge on any atom is -0.449 e. The predicted molar refractivity (Wildman–Crippen MR) is 96.5 cm³/mol. The van der Waals surface area contributed by atoms with Gasteiger partial charge in [0, 0.05) is 32.9 Å². The van der Waals surface area contributed by atoms with Gasteiger partial charge in [-0.1, -0.05) is 0 Å². The lowest BCUT2D eigenvalue weighted by Gasteiger charge is -2.17. The van der Waals surface area contributed by atoms with Gasteiger partial charge in [-0.15, -0.1) is 0 Å². The molecule has 0 saturated carbocycles. The Morgan fingerprint density at radius 2 is 1.96 bits per heavy atom. The highest BCUT2D eigenvalue weighted by molar-refractivity contribution is 7.89. The third kappa shape index (κ3) is 5.41. The number of nitrogens with zero attached hydrogens (tertiary/aromatic N) is 1. The number of aliphatic hydroxyl groups is 1. The molecule has 9 nitrogen and oxygen atoms in total. The summed E-state index contributed by atoms with van der Waals surface area (Å²) in [6.45, 7) is 3.52. The smallest absolute Gasteiger partial charge is 0.341 e. The van der Waals surface area contributed by atoms with Gasteiger partial charge in [-0.2, -0.15) is 0 Å². The molecule has 146 valence electrons. The molecule has 0 saturated heterocycles. The van der Waals surface area contributed by atoms with Gasteiger partial charge in [0.05, 0.1) is 17.1 Å². The lowest BCUT2D eigenvalue weighted by molar-refractivity contribution is -0.128. The lowest BCUT2D eigenvalue weighted by atomic mass is 10.1. The van der Waals surface area contributed by atoms with Crippen molar-refractivity contribution in [2.24, 2.45) is 0 Å². The number of aliphatic hydroxyl groups excluding tert-OH is 1. The Bertz CT molecular complexity index is 748. The average molecular weight is 387 g/mol. The maximum atomic E-state index is 12.5. The SMILES string of the molecule is CCNC(=O)C(C)OC(=O)c1cc(S(=O)(=O)N(C)C)ccc1NCCO. The number of likely N-dealkylation sites (N-methyl/N-ethyl adjacent to an activating group) is 1. The van der Waals surface area contributed by atoms with Crippen LogP contribution in [0.25, 0.3) is 0 Å². The van der Waals surface area contributed by atoms with E-state index in [0.29, 0.717) is 12.2 Å². The van der Waals surface area contributed by atoms with E-state index in [1.54, 1.807) is 6.92 Å². The molecule has 0 aliphatic carbocycles. The number of hydrogen-bond donors (Lipinski definition) is 3. The van der Waals surface area contributed by atoms with Crippen molar-refractivity contribution in [3.05, 3.63) is 23.8 Å². The average Bonchev–Trinajstić information content (AvgIpc) is 2.59. The van der Waals surface area contributed by atoms with Gasteiger partial charge in [-0.25, -0.2) is 17.5 Å². The molecule has 1 aromatic rings. The standard InChI is InChI=1S/C16H25N3O6S/c1-5-17-15(21)11(2)25-16(22)13-10-12(26(23,24)19(3)4)6-7-14(13)18-8-9-20/h6-7,10-11,18,20H,5,8-9H2,1-4H3,(H,17,21). The van der Waals surface area contributed by atoms with Crippen molar-refractivity contribution in [2.45, 2.75) is 24.8 Å². The van der Waals surface area contributed by atoms with Gasteiger partial charge < -0.3 is 20.5 Å². The normalized spacial score (nSPS) is 12.5. The highest BCUT2D eigenvalue weighted by atomic mass is 32.2. The fourth-order valence-corrected chi connectivity index (χ4v) is 2.93. The van der Waals surface area contributed by atoms with Gasteiger partial charge in [0.2, 0.25) is 10.0 Å². The Morgan fingerprint density at radius 3 is 2.50 bits per heavy atom. The molecule has 1 atom stereocenters. The second kappa shape index (κ2) is 9.51. The fraction of sp³-hybridized carbons (Fsp3) is 0.500. The third-order valence-corrected chi connectivity index (χ3v) is 5.23. The van der Waals surface area contributed by atoms with Gasteiger partial charge in [-0.3, -0.25) is 4.79 Å². The van der Waals surface area contributed by atoms with Crippen molar-refractivity contribution in [3.63, 3.8) is 0 Å². The minimum absolute atomic E-state index is 0.0440. The molecule has 1 amide bonds. The summed E-state index contributed by atoms with van der Waals surface area (Å²) in [6, 6.07) is 3.94. The van der Waals surface area contributed by atoms with Crippen LogP contribution in [0.1, 0.15) is 24.2 Å². The largest absolute Gasteiger partial charge is 0.449 e. The van der Waals surface area contributed by atoms with Crippen LogP contribution in [0.5, 0.6) is 0 Å². The minimum atomic E-state index is -3.75. The molecule has 1 unspecified atom stereocenters. The fourth-order valence-electron chi connectivity index (χ4n) is 2.00. The van der Waals surface area contributed by atoms with Crippen LogP contribution in [0.15, 0.2) is 23.1 Å². The molecule has 0 fully saturated rings. The molecule has 0 aromatic heterocycles. The number of hydrogen-bond acceptors (Lipinski definition) is 7. The predicted octanol–water partition coefficient (Wildman–Crippen LogP) is 0.0225. The second-order valence-corrected chi connectivity index (χ2v) is 7.74. The second-order valence-electron chi connectivity index (χ2n) is 5.59. The molecule has 0 bridgehead atoms.